The first kappa shape index (κ1) is 18.6. The molecule has 1 saturated carbocycles. The van der Waals surface area contributed by atoms with Crippen molar-refractivity contribution in [3.8, 4) is 0 Å². The van der Waals surface area contributed by atoms with Crippen LogP contribution >= 0.6 is 0 Å². The Hall–Kier alpha value is -3.15. The summed E-state index contributed by atoms with van der Waals surface area (Å²) >= 11 is 0. The highest BCUT2D eigenvalue weighted by Gasteiger charge is 2.52. The predicted molar refractivity (Wildman–Crippen MR) is 101 cm³/mol. The van der Waals surface area contributed by atoms with Crippen LogP contribution in [0.1, 0.15) is 29.5 Å². The van der Waals surface area contributed by atoms with Crippen molar-refractivity contribution in [3.63, 3.8) is 0 Å². The molecule has 140 valence electrons. The third-order valence-corrected chi connectivity index (χ3v) is 4.91. The van der Waals surface area contributed by atoms with E-state index in [0.29, 0.717) is 18.5 Å². The summed E-state index contributed by atoms with van der Waals surface area (Å²) in [7, 11) is 0. The minimum absolute atomic E-state index is 0.432. The molecule has 0 aliphatic heterocycles. The van der Waals surface area contributed by atoms with E-state index in [1.807, 2.05) is 56.3 Å². The first-order chi connectivity index (χ1) is 12.9. The number of amides is 3. The number of hydrogen-bond acceptors (Lipinski definition) is 4. The lowest BCUT2D eigenvalue weighted by molar-refractivity contribution is -0.150. The topological polar surface area (TPSA) is 84.5 Å². The molecule has 3 rings (SSSR count). The van der Waals surface area contributed by atoms with Crippen LogP contribution in [0.4, 0.5) is 10.5 Å². The van der Waals surface area contributed by atoms with Gasteiger partial charge in [-0.3, -0.25) is 14.9 Å². The summed E-state index contributed by atoms with van der Waals surface area (Å²) in [5.41, 5.74) is 2.82. The molecule has 2 N–H and O–H groups in total. The van der Waals surface area contributed by atoms with E-state index in [-0.39, 0.29) is 0 Å². The zero-order chi connectivity index (χ0) is 19.4. The van der Waals surface area contributed by atoms with Crippen LogP contribution in [0.2, 0.25) is 0 Å². The van der Waals surface area contributed by atoms with E-state index in [0.717, 1.165) is 16.7 Å². The van der Waals surface area contributed by atoms with Gasteiger partial charge in [0.1, 0.15) is 0 Å². The number of esters is 1. The van der Waals surface area contributed by atoms with Crippen molar-refractivity contribution in [2.75, 3.05) is 11.9 Å². The van der Waals surface area contributed by atoms with Crippen LogP contribution in [0.5, 0.6) is 0 Å². The van der Waals surface area contributed by atoms with Crippen molar-refractivity contribution in [2.45, 2.75) is 32.1 Å². The molecule has 0 unspecified atom stereocenters. The maximum Gasteiger partial charge on any atom is 0.325 e. The lowest BCUT2D eigenvalue weighted by Crippen LogP contribution is -2.38. The van der Waals surface area contributed by atoms with Gasteiger partial charge in [-0.15, -0.1) is 0 Å². The Bertz CT molecular complexity index is 873. The molecular formula is C21H22N2O4. The van der Waals surface area contributed by atoms with Crippen LogP contribution in [-0.4, -0.2) is 24.5 Å². The number of benzene rings is 2. The highest BCUT2D eigenvalue weighted by atomic mass is 16.5. The first-order valence-electron chi connectivity index (χ1n) is 8.82. The molecule has 3 amide bonds. The smallest absolute Gasteiger partial charge is 0.325 e. The van der Waals surface area contributed by atoms with Crippen molar-refractivity contribution in [1.82, 2.24) is 5.32 Å². The van der Waals surface area contributed by atoms with Crippen LogP contribution < -0.4 is 10.6 Å². The second-order valence-corrected chi connectivity index (χ2v) is 6.77. The van der Waals surface area contributed by atoms with Crippen LogP contribution in [0, 0.1) is 13.8 Å². The predicted octanol–water partition coefficient (Wildman–Crippen LogP) is 3.23. The highest BCUT2D eigenvalue weighted by molar-refractivity contribution is 6.02. The summed E-state index contributed by atoms with van der Waals surface area (Å²) < 4.78 is 5.15. The number of hydrogen-bond donors (Lipinski definition) is 2. The Morgan fingerprint density at radius 3 is 2.37 bits per heavy atom. The second kappa shape index (κ2) is 7.61. The van der Waals surface area contributed by atoms with Crippen molar-refractivity contribution in [2.24, 2.45) is 0 Å². The molecule has 1 aliphatic carbocycles. The quantitative estimate of drug-likeness (QED) is 0.796. The average molecular weight is 366 g/mol. The van der Waals surface area contributed by atoms with Gasteiger partial charge < -0.3 is 10.1 Å². The van der Waals surface area contributed by atoms with E-state index in [9.17, 15) is 14.4 Å². The molecule has 0 heterocycles. The number of rotatable bonds is 5. The summed E-state index contributed by atoms with van der Waals surface area (Å²) in [6.07, 6.45) is 1.40. The Kier molecular flexibility index (Phi) is 5.26. The van der Waals surface area contributed by atoms with Crippen LogP contribution in [0.15, 0.2) is 48.5 Å². The molecule has 0 aromatic heterocycles. The molecule has 27 heavy (non-hydrogen) atoms. The molecule has 6 nitrogen and oxygen atoms in total. The van der Waals surface area contributed by atoms with Crippen molar-refractivity contribution >= 4 is 23.6 Å². The number of carbonyl (C=O) groups excluding carboxylic acids is 3. The molecule has 2 aromatic rings. The first-order valence-corrected chi connectivity index (χ1v) is 8.82. The van der Waals surface area contributed by atoms with Crippen molar-refractivity contribution in [3.05, 3.63) is 65.2 Å². The van der Waals surface area contributed by atoms with Crippen LogP contribution in [0.3, 0.4) is 0 Å². The standard InChI is InChI=1S/C21H22N2O4/c1-14-7-6-10-17(15(14)2)22-20(26)23-18(24)13-27-19(25)21(11-12-21)16-8-4-3-5-9-16/h3-10H,11-13H2,1-2H3,(H2,22,23,24,26). The molecular weight excluding hydrogens is 344 g/mol. The maximum absolute atomic E-state index is 12.4. The highest BCUT2D eigenvalue weighted by Crippen LogP contribution is 2.49. The molecule has 0 spiro atoms. The Labute approximate surface area is 157 Å². The van der Waals surface area contributed by atoms with Gasteiger partial charge in [-0.05, 0) is 49.4 Å². The van der Waals surface area contributed by atoms with Gasteiger partial charge in [-0.2, -0.15) is 0 Å². The van der Waals surface area contributed by atoms with Gasteiger partial charge in [0.05, 0.1) is 5.41 Å². The van der Waals surface area contributed by atoms with Gasteiger partial charge in [0.25, 0.3) is 5.91 Å². The number of ether oxygens (including phenoxy) is 1. The largest absolute Gasteiger partial charge is 0.455 e. The summed E-state index contributed by atoms with van der Waals surface area (Å²) in [6, 6.07) is 14.2. The van der Waals surface area contributed by atoms with Crippen molar-refractivity contribution in [1.29, 1.82) is 0 Å². The van der Waals surface area contributed by atoms with E-state index in [2.05, 4.69) is 10.6 Å². The Morgan fingerprint density at radius 2 is 1.70 bits per heavy atom. The third kappa shape index (κ3) is 4.16. The van der Waals surface area contributed by atoms with E-state index >= 15 is 0 Å². The number of anilines is 1. The van der Waals surface area contributed by atoms with E-state index in [1.54, 1.807) is 6.07 Å². The summed E-state index contributed by atoms with van der Waals surface area (Å²) in [5, 5.41) is 4.80. The molecule has 0 atom stereocenters. The SMILES string of the molecule is Cc1cccc(NC(=O)NC(=O)COC(=O)C2(c3ccccc3)CC2)c1C. The summed E-state index contributed by atoms with van der Waals surface area (Å²) in [4.78, 5) is 36.3. The fourth-order valence-corrected chi connectivity index (χ4v) is 2.96. The normalized spacial score (nSPS) is 14.1. The van der Waals surface area contributed by atoms with E-state index in [1.165, 1.54) is 0 Å². The van der Waals surface area contributed by atoms with Crippen LogP contribution in [-0.2, 0) is 19.7 Å². The number of urea groups is 1. The zero-order valence-corrected chi connectivity index (χ0v) is 15.4. The van der Waals surface area contributed by atoms with Gasteiger partial charge in [0, 0.05) is 5.69 Å². The van der Waals surface area contributed by atoms with E-state index < -0.39 is 29.9 Å². The van der Waals surface area contributed by atoms with Crippen LogP contribution in [0.25, 0.3) is 0 Å². The monoisotopic (exact) mass is 366 g/mol. The molecule has 0 radical (unpaired) electrons. The van der Waals surface area contributed by atoms with Gasteiger partial charge >= 0.3 is 12.0 Å². The third-order valence-electron chi connectivity index (χ3n) is 4.91. The van der Waals surface area contributed by atoms with Gasteiger partial charge in [0.2, 0.25) is 0 Å². The molecule has 2 aromatic carbocycles. The second-order valence-electron chi connectivity index (χ2n) is 6.77. The number of nitrogens with one attached hydrogen (secondary N) is 2. The average Bonchev–Trinajstić information content (AvgIpc) is 3.46. The Balaban J connectivity index is 1.50. The lowest BCUT2D eigenvalue weighted by atomic mass is 9.96. The van der Waals surface area contributed by atoms with Crippen molar-refractivity contribution < 1.29 is 19.1 Å². The summed E-state index contributed by atoms with van der Waals surface area (Å²) in [6.45, 7) is 3.32. The van der Waals surface area contributed by atoms with Gasteiger partial charge in [-0.25, -0.2) is 4.79 Å². The minimum atomic E-state index is -0.671. The summed E-state index contributed by atoms with van der Waals surface area (Å²) in [5.74, 6) is -1.10. The van der Waals surface area contributed by atoms with Gasteiger partial charge in [0.15, 0.2) is 6.61 Å². The molecule has 1 fully saturated rings. The fraction of sp³-hybridized carbons (Fsp3) is 0.286. The lowest BCUT2D eigenvalue weighted by Gasteiger charge is -2.15. The molecule has 0 bridgehead atoms. The molecule has 0 saturated heterocycles. The fourth-order valence-electron chi connectivity index (χ4n) is 2.96. The number of imide groups is 1. The Morgan fingerprint density at radius 1 is 1.00 bits per heavy atom. The maximum atomic E-state index is 12.4. The van der Waals surface area contributed by atoms with Gasteiger partial charge in [-0.1, -0.05) is 42.5 Å². The number of carbonyl (C=O) groups is 3. The minimum Gasteiger partial charge on any atom is -0.455 e. The zero-order valence-electron chi connectivity index (χ0n) is 15.4. The molecule has 6 heteroatoms. The molecule has 1 aliphatic rings. The number of aryl methyl sites for hydroxylation is 1. The van der Waals surface area contributed by atoms with E-state index in [4.69, 9.17) is 4.74 Å².